The zero-order valence-electron chi connectivity index (χ0n) is 12.0. The Kier molecular flexibility index (Phi) is 6.25. The maximum Gasteiger partial charge on any atom is 0.231 e. The monoisotopic (exact) mass is 297 g/mol. The van der Waals surface area contributed by atoms with Crippen LogP contribution in [0, 0.1) is 5.92 Å². The predicted molar refractivity (Wildman–Crippen MR) is 77.3 cm³/mol. The van der Waals surface area contributed by atoms with Gasteiger partial charge in [0.2, 0.25) is 6.79 Å². The Labute approximate surface area is 124 Å². The lowest BCUT2D eigenvalue weighted by Gasteiger charge is -2.17. The highest BCUT2D eigenvalue weighted by Crippen LogP contribution is 2.33. The molecule has 4 N–H and O–H groups in total. The Morgan fingerprint density at radius 3 is 2.81 bits per heavy atom. The van der Waals surface area contributed by atoms with Crippen LogP contribution in [0.2, 0.25) is 0 Å². The molecule has 6 nitrogen and oxygen atoms in total. The Morgan fingerprint density at radius 2 is 2.05 bits per heavy atom. The van der Waals surface area contributed by atoms with E-state index in [0.717, 1.165) is 23.5 Å². The van der Waals surface area contributed by atoms with Crippen molar-refractivity contribution in [3.05, 3.63) is 23.8 Å². The van der Waals surface area contributed by atoms with Gasteiger partial charge in [-0.05, 0) is 36.5 Å². The fourth-order valence-corrected chi connectivity index (χ4v) is 2.27. The Morgan fingerprint density at radius 1 is 1.24 bits per heavy atom. The fraction of sp³-hybridized carbons (Fsp3) is 0.600. The minimum Gasteiger partial charge on any atom is -0.454 e. The summed E-state index contributed by atoms with van der Waals surface area (Å²) in [5.74, 6) is 1.70. The molecule has 0 radical (unpaired) electrons. The molecule has 0 fully saturated rings. The number of ether oxygens (including phenoxy) is 3. The van der Waals surface area contributed by atoms with Gasteiger partial charge in [0.25, 0.3) is 0 Å². The summed E-state index contributed by atoms with van der Waals surface area (Å²) in [5.41, 5.74) is 6.44. The molecular weight excluding hydrogens is 274 g/mol. The first-order valence-electron chi connectivity index (χ1n) is 7.18. The van der Waals surface area contributed by atoms with E-state index in [9.17, 15) is 5.11 Å². The maximum atomic E-state index is 9.37. The molecule has 0 bridgehead atoms. The molecule has 0 saturated heterocycles. The number of aliphatic hydroxyl groups excluding tert-OH is 2. The van der Waals surface area contributed by atoms with Crippen LogP contribution in [0.5, 0.6) is 11.5 Å². The van der Waals surface area contributed by atoms with Crippen LogP contribution in [0.15, 0.2) is 18.2 Å². The topological polar surface area (TPSA) is 94.2 Å². The normalized spacial score (nSPS) is 16.0. The van der Waals surface area contributed by atoms with Crippen LogP contribution in [-0.2, 0) is 11.2 Å². The molecule has 2 unspecified atom stereocenters. The van der Waals surface area contributed by atoms with Crippen molar-refractivity contribution in [1.82, 2.24) is 0 Å². The van der Waals surface area contributed by atoms with E-state index in [0.29, 0.717) is 13.0 Å². The predicted octanol–water partition coefficient (Wildman–Crippen LogP) is 0.293. The number of hydrogen-bond donors (Lipinski definition) is 3. The zero-order chi connectivity index (χ0) is 15.1. The molecule has 1 aliphatic heterocycles. The average Bonchev–Trinajstić information content (AvgIpc) is 2.94. The van der Waals surface area contributed by atoms with Crippen LogP contribution in [-0.4, -0.2) is 49.5 Å². The number of rotatable bonds is 9. The summed E-state index contributed by atoms with van der Waals surface area (Å²) >= 11 is 0. The van der Waals surface area contributed by atoms with Crippen LogP contribution in [0.1, 0.15) is 12.0 Å². The van der Waals surface area contributed by atoms with Crippen LogP contribution >= 0.6 is 0 Å². The molecular formula is C15H23NO5. The zero-order valence-corrected chi connectivity index (χ0v) is 12.0. The van der Waals surface area contributed by atoms with E-state index in [1.807, 2.05) is 18.2 Å². The minimum atomic E-state index is -0.634. The SMILES string of the molecule is NCC(O)COCC(CCO)Cc1ccc2c(c1)OCO2. The standard InChI is InChI=1S/C15H23NO5/c16-7-13(18)9-19-8-12(3-4-17)5-11-1-2-14-15(6-11)21-10-20-14/h1-2,6,12-13,17-18H,3-5,7-10,16H2. The number of benzene rings is 1. The summed E-state index contributed by atoms with van der Waals surface area (Å²) in [6.45, 7) is 1.26. The van der Waals surface area contributed by atoms with Crippen molar-refractivity contribution in [2.24, 2.45) is 11.7 Å². The van der Waals surface area contributed by atoms with Gasteiger partial charge >= 0.3 is 0 Å². The van der Waals surface area contributed by atoms with Crippen molar-refractivity contribution in [2.45, 2.75) is 18.9 Å². The van der Waals surface area contributed by atoms with Gasteiger partial charge in [0.15, 0.2) is 11.5 Å². The number of aliphatic hydroxyl groups is 2. The van der Waals surface area contributed by atoms with E-state index in [1.54, 1.807) is 0 Å². The highest BCUT2D eigenvalue weighted by atomic mass is 16.7. The summed E-state index contributed by atoms with van der Waals surface area (Å²) in [6, 6.07) is 5.85. The molecule has 0 amide bonds. The quantitative estimate of drug-likeness (QED) is 0.606. The van der Waals surface area contributed by atoms with Crippen molar-refractivity contribution in [1.29, 1.82) is 0 Å². The number of fused-ring (bicyclic) bond motifs is 1. The Bertz CT molecular complexity index is 440. The van der Waals surface area contributed by atoms with E-state index in [1.165, 1.54) is 0 Å². The molecule has 1 aromatic carbocycles. The van der Waals surface area contributed by atoms with E-state index >= 15 is 0 Å². The lowest BCUT2D eigenvalue weighted by molar-refractivity contribution is 0.0212. The van der Waals surface area contributed by atoms with Crippen molar-refractivity contribution in [2.75, 3.05) is 33.2 Å². The molecule has 6 heteroatoms. The molecule has 0 aliphatic carbocycles. The summed E-state index contributed by atoms with van der Waals surface area (Å²) in [7, 11) is 0. The molecule has 0 saturated carbocycles. The summed E-state index contributed by atoms with van der Waals surface area (Å²) < 4.78 is 16.1. The van der Waals surface area contributed by atoms with Crippen molar-refractivity contribution in [3.8, 4) is 11.5 Å². The van der Waals surface area contributed by atoms with Gasteiger partial charge in [0.1, 0.15) is 0 Å². The van der Waals surface area contributed by atoms with Gasteiger partial charge in [-0.2, -0.15) is 0 Å². The van der Waals surface area contributed by atoms with E-state index in [2.05, 4.69) is 0 Å². The summed E-state index contributed by atoms with van der Waals surface area (Å²) in [6.07, 6.45) is 0.786. The first kappa shape index (κ1) is 16.0. The van der Waals surface area contributed by atoms with Gasteiger partial charge in [0, 0.05) is 19.8 Å². The third kappa shape index (κ3) is 4.86. The molecule has 2 atom stereocenters. The second kappa shape index (κ2) is 8.19. The number of hydrogen-bond acceptors (Lipinski definition) is 6. The first-order valence-corrected chi connectivity index (χ1v) is 7.18. The minimum absolute atomic E-state index is 0.109. The van der Waals surface area contributed by atoms with Gasteiger partial charge < -0.3 is 30.2 Å². The van der Waals surface area contributed by atoms with Crippen molar-refractivity contribution < 1.29 is 24.4 Å². The molecule has 21 heavy (non-hydrogen) atoms. The highest BCUT2D eigenvalue weighted by Gasteiger charge is 2.16. The van der Waals surface area contributed by atoms with E-state index in [4.69, 9.17) is 25.1 Å². The molecule has 1 heterocycles. The summed E-state index contributed by atoms with van der Waals surface area (Å²) in [4.78, 5) is 0. The number of nitrogens with two attached hydrogens (primary N) is 1. The van der Waals surface area contributed by atoms with Gasteiger partial charge in [-0.1, -0.05) is 6.07 Å². The molecule has 1 aromatic rings. The maximum absolute atomic E-state index is 9.37. The third-order valence-corrected chi connectivity index (χ3v) is 3.43. The molecule has 118 valence electrons. The lowest BCUT2D eigenvalue weighted by Crippen LogP contribution is -2.27. The lowest BCUT2D eigenvalue weighted by atomic mass is 9.97. The van der Waals surface area contributed by atoms with Crippen molar-refractivity contribution in [3.63, 3.8) is 0 Å². The fourth-order valence-electron chi connectivity index (χ4n) is 2.27. The van der Waals surface area contributed by atoms with Gasteiger partial charge in [-0.3, -0.25) is 0 Å². The van der Waals surface area contributed by atoms with Crippen LogP contribution in [0.25, 0.3) is 0 Å². The smallest absolute Gasteiger partial charge is 0.231 e. The Balaban J connectivity index is 1.86. The van der Waals surface area contributed by atoms with Gasteiger partial charge in [-0.25, -0.2) is 0 Å². The molecule has 1 aliphatic rings. The van der Waals surface area contributed by atoms with E-state index < -0.39 is 6.10 Å². The largest absolute Gasteiger partial charge is 0.454 e. The molecule has 0 spiro atoms. The molecule has 2 rings (SSSR count). The van der Waals surface area contributed by atoms with Crippen LogP contribution in [0.4, 0.5) is 0 Å². The van der Waals surface area contributed by atoms with Crippen LogP contribution in [0.3, 0.4) is 0 Å². The average molecular weight is 297 g/mol. The highest BCUT2D eigenvalue weighted by molar-refractivity contribution is 5.44. The third-order valence-electron chi connectivity index (χ3n) is 3.43. The van der Waals surface area contributed by atoms with Crippen molar-refractivity contribution >= 4 is 0 Å². The van der Waals surface area contributed by atoms with Crippen LogP contribution < -0.4 is 15.2 Å². The van der Waals surface area contributed by atoms with E-state index in [-0.39, 0.29) is 32.5 Å². The second-order valence-corrected chi connectivity index (χ2v) is 5.20. The molecule has 0 aromatic heterocycles. The Hall–Kier alpha value is -1.34. The first-order chi connectivity index (χ1) is 10.2. The van der Waals surface area contributed by atoms with Gasteiger partial charge in [-0.15, -0.1) is 0 Å². The van der Waals surface area contributed by atoms with Gasteiger partial charge in [0.05, 0.1) is 12.7 Å². The second-order valence-electron chi connectivity index (χ2n) is 5.20. The summed E-state index contributed by atoms with van der Waals surface area (Å²) in [5, 5.41) is 18.5.